The van der Waals surface area contributed by atoms with Gasteiger partial charge in [-0.1, -0.05) is 41.9 Å². The average molecular weight is 600 g/mol. The van der Waals surface area contributed by atoms with E-state index in [-0.39, 0.29) is 21.2 Å². The summed E-state index contributed by atoms with van der Waals surface area (Å²) in [7, 11) is -8.04. The summed E-state index contributed by atoms with van der Waals surface area (Å²) < 4.78 is 61.8. The monoisotopic (exact) mass is 599 g/mol. The quantitative estimate of drug-likeness (QED) is 0.239. The standard InChI is InChI=1S/C28H26ClN3O6S2/c1-2-38-27-11-7-6-10-26(27)32(40(36,37)25-8-4-3-5-9-25)20-28(33)30-22-16-18-24(19-17-22)39(34,35)31-23-14-12-21(29)13-15-23/h3-19,31H,2,20H2,1H3,(H,30,33). The molecule has 4 aromatic carbocycles. The van der Waals surface area contributed by atoms with Crippen molar-refractivity contribution in [1.82, 2.24) is 0 Å². The van der Waals surface area contributed by atoms with Gasteiger partial charge in [0.05, 0.1) is 22.1 Å². The van der Waals surface area contributed by atoms with Crippen LogP contribution in [0.5, 0.6) is 5.75 Å². The van der Waals surface area contributed by atoms with Gasteiger partial charge in [-0.15, -0.1) is 0 Å². The first-order valence-corrected chi connectivity index (χ1v) is 15.4. The first-order chi connectivity index (χ1) is 19.1. The van der Waals surface area contributed by atoms with Gasteiger partial charge in [-0.25, -0.2) is 16.8 Å². The normalized spacial score (nSPS) is 11.4. The summed E-state index contributed by atoms with van der Waals surface area (Å²) in [5, 5.41) is 3.11. The summed E-state index contributed by atoms with van der Waals surface area (Å²) in [6.07, 6.45) is 0. The Hall–Kier alpha value is -4.06. The molecule has 9 nitrogen and oxygen atoms in total. The smallest absolute Gasteiger partial charge is 0.264 e. The third kappa shape index (κ3) is 6.92. The van der Waals surface area contributed by atoms with Gasteiger partial charge in [0.25, 0.3) is 20.0 Å². The molecule has 2 N–H and O–H groups in total. The summed E-state index contributed by atoms with van der Waals surface area (Å²) in [5.41, 5.74) is 0.831. The number of hydrogen-bond donors (Lipinski definition) is 2. The lowest BCUT2D eigenvalue weighted by Gasteiger charge is -2.26. The van der Waals surface area contributed by atoms with Gasteiger partial charge in [0.1, 0.15) is 12.3 Å². The highest BCUT2D eigenvalue weighted by atomic mass is 35.5. The highest BCUT2D eigenvalue weighted by Gasteiger charge is 2.29. The van der Waals surface area contributed by atoms with E-state index in [1.54, 1.807) is 61.5 Å². The lowest BCUT2D eigenvalue weighted by Crippen LogP contribution is -2.38. The number of nitrogens with one attached hydrogen (secondary N) is 2. The Kier molecular flexibility index (Phi) is 8.98. The SMILES string of the molecule is CCOc1ccccc1N(CC(=O)Nc1ccc(S(=O)(=O)Nc2ccc(Cl)cc2)cc1)S(=O)(=O)c1ccccc1. The number of carbonyl (C=O) groups is 1. The van der Waals surface area contributed by atoms with Crippen LogP contribution < -0.4 is 19.1 Å². The van der Waals surface area contributed by atoms with Gasteiger partial charge in [0.2, 0.25) is 5.91 Å². The van der Waals surface area contributed by atoms with Gasteiger partial charge < -0.3 is 10.1 Å². The molecule has 0 saturated heterocycles. The topological polar surface area (TPSA) is 122 Å². The number of carbonyl (C=O) groups excluding carboxylic acids is 1. The van der Waals surface area contributed by atoms with E-state index in [1.165, 1.54) is 48.5 Å². The number of para-hydroxylation sites is 2. The van der Waals surface area contributed by atoms with E-state index in [0.29, 0.717) is 23.1 Å². The number of hydrogen-bond acceptors (Lipinski definition) is 6. The number of nitrogens with zero attached hydrogens (tertiary/aromatic N) is 1. The maximum Gasteiger partial charge on any atom is 0.264 e. The number of benzene rings is 4. The van der Waals surface area contributed by atoms with Gasteiger partial charge in [-0.05, 0) is 79.7 Å². The number of ether oxygens (including phenoxy) is 1. The summed E-state index contributed by atoms with van der Waals surface area (Å²) >= 11 is 5.85. The lowest BCUT2D eigenvalue weighted by molar-refractivity contribution is -0.114. The van der Waals surface area contributed by atoms with Crippen molar-refractivity contribution in [2.24, 2.45) is 0 Å². The number of anilines is 3. The molecule has 4 aromatic rings. The predicted octanol–water partition coefficient (Wildman–Crippen LogP) is 5.37. The first kappa shape index (κ1) is 28.9. The summed E-state index contributed by atoms with van der Waals surface area (Å²) in [6, 6.07) is 26.0. The van der Waals surface area contributed by atoms with E-state index in [2.05, 4.69) is 10.0 Å². The van der Waals surface area contributed by atoms with Crippen molar-refractivity contribution in [3.05, 3.63) is 108 Å². The molecule has 4 rings (SSSR count). The third-order valence-corrected chi connectivity index (χ3v) is 9.02. The average Bonchev–Trinajstić information content (AvgIpc) is 2.94. The Morgan fingerprint density at radius 1 is 0.775 bits per heavy atom. The van der Waals surface area contributed by atoms with Crippen molar-refractivity contribution in [2.45, 2.75) is 16.7 Å². The largest absolute Gasteiger partial charge is 0.492 e. The van der Waals surface area contributed by atoms with E-state index in [9.17, 15) is 21.6 Å². The molecule has 12 heteroatoms. The molecule has 0 atom stereocenters. The Balaban J connectivity index is 1.55. The van der Waals surface area contributed by atoms with E-state index < -0.39 is 32.5 Å². The van der Waals surface area contributed by atoms with E-state index in [4.69, 9.17) is 16.3 Å². The zero-order chi connectivity index (χ0) is 28.8. The Morgan fingerprint density at radius 2 is 1.38 bits per heavy atom. The second kappa shape index (κ2) is 12.4. The highest BCUT2D eigenvalue weighted by molar-refractivity contribution is 7.93. The zero-order valence-corrected chi connectivity index (χ0v) is 23.7. The van der Waals surface area contributed by atoms with Crippen LogP contribution in [0, 0.1) is 0 Å². The molecule has 1 amide bonds. The predicted molar refractivity (Wildman–Crippen MR) is 156 cm³/mol. The van der Waals surface area contributed by atoms with E-state index in [1.807, 2.05) is 0 Å². The van der Waals surface area contributed by atoms with Crippen molar-refractivity contribution >= 4 is 54.6 Å². The van der Waals surface area contributed by atoms with E-state index in [0.717, 1.165) is 4.31 Å². The zero-order valence-electron chi connectivity index (χ0n) is 21.3. The van der Waals surface area contributed by atoms with Crippen LogP contribution in [0.1, 0.15) is 6.92 Å². The molecule has 0 saturated carbocycles. The molecule has 40 heavy (non-hydrogen) atoms. The molecule has 208 valence electrons. The second-order valence-electron chi connectivity index (χ2n) is 8.41. The number of rotatable bonds is 11. The maximum atomic E-state index is 13.6. The van der Waals surface area contributed by atoms with Crippen molar-refractivity contribution in [3.63, 3.8) is 0 Å². The van der Waals surface area contributed by atoms with Gasteiger partial charge >= 0.3 is 0 Å². The van der Waals surface area contributed by atoms with Crippen LogP contribution in [0.25, 0.3) is 0 Å². The molecule has 0 fully saturated rings. The highest BCUT2D eigenvalue weighted by Crippen LogP contribution is 2.32. The Labute approximate surface area is 238 Å². The van der Waals surface area contributed by atoms with Gasteiger partial charge in [-0.3, -0.25) is 13.8 Å². The molecule has 0 aliphatic heterocycles. The maximum absolute atomic E-state index is 13.6. The number of amides is 1. The second-order valence-corrected chi connectivity index (χ2v) is 12.4. The van der Waals surface area contributed by atoms with Crippen LogP contribution in [-0.4, -0.2) is 35.9 Å². The molecular formula is C28H26ClN3O6S2. The Morgan fingerprint density at radius 3 is 2.02 bits per heavy atom. The van der Waals surface area contributed by atoms with Crippen LogP contribution in [-0.2, 0) is 24.8 Å². The van der Waals surface area contributed by atoms with Crippen LogP contribution in [0.3, 0.4) is 0 Å². The van der Waals surface area contributed by atoms with Gasteiger partial charge in [0, 0.05) is 16.4 Å². The molecule has 0 radical (unpaired) electrons. The number of halogens is 1. The third-order valence-electron chi connectivity index (χ3n) is 5.60. The van der Waals surface area contributed by atoms with Gasteiger partial charge in [-0.2, -0.15) is 0 Å². The van der Waals surface area contributed by atoms with Crippen molar-refractivity contribution < 1.29 is 26.4 Å². The molecule has 0 unspecified atom stereocenters. The minimum atomic E-state index is -4.14. The molecular weight excluding hydrogens is 574 g/mol. The molecule has 0 bridgehead atoms. The molecule has 0 spiro atoms. The molecule has 0 aliphatic carbocycles. The Bertz CT molecular complexity index is 1680. The fraction of sp³-hybridized carbons (Fsp3) is 0.107. The molecule has 0 aliphatic rings. The van der Waals surface area contributed by atoms with Crippen molar-refractivity contribution in [3.8, 4) is 5.75 Å². The van der Waals surface area contributed by atoms with Crippen LogP contribution in [0.4, 0.5) is 17.1 Å². The van der Waals surface area contributed by atoms with Crippen molar-refractivity contribution in [2.75, 3.05) is 27.5 Å². The number of sulfonamides is 2. The minimum Gasteiger partial charge on any atom is -0.492 e. The minimum absolute atomic E-state index is 0.0110. The molecule has 0 aromatic heterocycles. The van der Waals surface area contributed by atoms with Crippen LogP contribution in [0.15, 0.2) is 113 Å². The summed E-state index contributed by atoms with van der Waals surface area (Å²) in [5.74, 6) is -0.333. The summed E-state index contributed by atoms with van der Waals surface area (Å²) in [6.45, 7) is 1.51. The van der Waals surface area contributed by atoms with Crippen LogP contribution in [0.2, 0.25) is 5.02 Å². The van der Waals surface area contributed by atoms with E-state index >= 15 is 0 Å². The first-order valence-electron chi connectivity index (χ1n) is 12.1. The summed E-state index contributed by atoms with van der Waals surface area (Å²) in [4.78, 5) is 13.1. The van der Waals surface area contributed by atoms with Crippen LogP contribution >= 0.6 is 11.6 Å². The van der Waals surface area contributed by atoms with Gasteiger partial charge in [0.15, 0.2) is 0 Å². The fourth-order valence-corrected chi connectivity index (χ4v) is 6.38. The van der Waals surface area contributed by atoms with Crippen molar-refractivity contribution in [1.29, 1.82) is 0 Å². The fourth-order valence-electron chi connectivity index (χ4n) is 3.74. The lowest BCUT2D eigenvalue weighted by atomic mass is 10.3. The molecule has 0 heterocycles.